The summed E-state index contributed by atoms with van der Waals surface area (Å²) in [5, 5.41) is 0. The number of thiol groups is 1. The van der Waals surface area contributed by atoms with E-state index >= 15 is 0 Å². The Morgan fingerprint density at radius 2 is 2.03 bits per heavy atom. The normalized spacial score (nSPS) is 39.1. The van der Waals surface area contributed by atoms with Crippen LogP contribution in [0.5, 0.6) is 0 Å². The number of rotatable bonds is 4. The Labute approximate surface area is 197 Å². The number of nitrogens with two attached hydrogens (primary N) is 1. The van der Waals surface area contributed by atoms with Crippen molar-refractivity contribution >= 4 is 24.2 Å². The first-order chi connectivity index (χ1) is 15.4. The number of esters is 1. The largest absolute Gasteiger partial charge is 0.461 e. The lowest BCUT2D eigenvalue weighted by Gasteiger charge is -2.57. The summed E-state index contributed by atoms with van der Waals surface area (Å²) in [4.78, 5) is 16.6. The number of pyridine rings is 1. The predicted molar refractivity (Wildman–Crippen MR) is 131 cm³/mol. The van der Waals surface area contributed by atoms with Crippen molar-refractivity contribution in [3.8, 4) is 0 Å². The third-order valence-electron chi connectivity index (χ3n) is 9.39. The van der Waals surface area contributed by atoms with E-state index in [4.69, 9.17) is 10.5 Å². The average molecular weight is 453 g/mol. The van der Waals surface area contributed by atoms with Gasteiger partial charge in [-0.25, -0.2) is 0 Å². The van der Waals surface area contributed by atoms with Crippen molar-refractivity contribution < 1.29 is 9.53 Å². The summed E-state index contributed by atoms with van der Waals surface area (Å²) in [7, 11) is 0. The van der Waals surface area contributed by atoms with Gasteiger partial charge >= 0.3 is 5.97 Å². The van der Waals surface area contributed by atoms with E-state index in [2.05, 4.69) is 55.7 Å². The van der Waals surface area contributed by atoms with E-state index in [1.165, 1.54) is 36.0 Å². The second-order valence-corrected chi connectivity index (χ2v) is 11.3. The molecule has 4 aliphatic rings. The molecule has 1 aromatic heterocycles. The molecule has 0 radical (unpaired) electrons. The summed E-state index contributed by atoms with van der Waals surface area (Å²) < 4.78 is 5.75. The molecule has 7 unspecified atom stereocenters. The van der Waals surface area contributed by atoms with Crippen molar-refractivity contribution in [1.82, 2.24) is 4.98 Å². The number of allylic oxidation sites excluding steroid dienone is 3. The molecule has 0 saturated heterocycles. The molecule has 1 heterocycles. The highest BCUT2D eigenvalue weighted by molar-refractivity contribution is 7.80. The van der Waals surface area contributed by atoms with Gasteiger partial charge < -0.3 is 10.5 Å². The van der Waals surface area contributed by atoms with Crippen LogP contribution >= 0.6 is 12.6 Å². The summed E-state index contributed by atoms with van der Waals surface area (Å²) in [6.07, 6.45) is 16.6. The van der Waals surface area contributed by atoms with Crippen LogP contribution in [0, 0.1) is 28.6 Å². The highest BCUT2D eigenvalue weighted by Gasteiger charge is 2.57. The molecule has 0 aromatic carbocycles. The number of hydrogen-bond acceptors (Lipinski definition) is 5. The van der Waals surface area contributed by atoms with Crippen LogP contribution in [0.4, 0.5) is 0 Å². The van der Waals surface area contributed by atoms with Crippen molar-refractivity contribution in [2.24, 2.45) is 34.3 Å². The summed E-state index contributed by atoms with van der Waals surface area (Å²) in [6.45, 7) is 4.99. The number of ether oxygens (including phenoxy) is 1. The van der Waals surface area contributed by atoms with Gasteiger partial charge in [0.1, 0.15) is 12.1 Å². The molecular weight excluding hydrogens is 416 g/mol. The minimum Gasteiger partial charge on any atom is -0.461 e. The fraction of sp³-hybridized carbons (Fsp3) is 0.630. The van der Waals surface area contributed by atoms with Crippen LogP contribution in [0.25, 0.3) is 5.57 Å². The zero-order valence-electron chi connectivity index (χ0n) is 19.3. The molecule has 32 heavy (non-hydrogen) atoms. The van der Waals surface area contributed by atoms with E-state index in [1.54, 1.807) is 0 Å². The van der Waals surface area contributed by atoms with Crippen molar-refractivity contribution in [1.29, 1.82) is 0 Å². The molecule has 2 saturated carbocycles. The number of hydrogen-bond donors (Lipinski definition) is 2. The summed E-state index contributed by atoms with van der Waals surface area (Å²) in [5.74, 6) is 2.17. The van der Waals surface area contributed by atoms with Crippen molar-refractivity contribution in [2.75, 3.05) is 5.75 Å². The highest BCUT2D eigenvalue weighted by Crippen LogP contribution is 2.66. The summed E-state index contributed by atoms with van der Waals surface area (Å²) in [6, 6.07) is 3.65. The number of nitrogens with zero attached hydrogens (tertiary/aromatic N) is 1. The molecule has 1 aromatic rings. The second-order valence-electron chi connectivity index (χ2n) is 10.9. The van der Waals surface area contributed by atoms with Crippen molar-refractivity contribution in [3.05, 3.63) is 47.8 Å². The van der Waals surface area contributed by atoms with Gasteiger partial charge in [-0.1, -0.05) is 37.6 Å². The van der Waals surface area contributed by atoms with E-state index in [9.17, 15) is 4.79 Å². The van der Waals surface area contributed by atoms with Gasteiger partial charge in [0.05, 0.1) is 0 Å². The Balaban J connectivity index is 1.34. The standard InChI is InChI=1S/C27H36N2O2S/c1-26-11-9-19(31-25(30)24(28)16-32)14-18(26)5-6-20-22-8-7-21(17-4-3-13-29-15-17)27(22,2)12-10-23(20)26/h3-5,7,13,15,19-20,22-24,32H,6,8-12,14,16,28H2,1-2H3. The average Bonchev–Trinajstić information content (AvgIpc) is 3.16. The van der Waals surface area contributed by atoms with Gasteiger partial charge in [0.25, 0.3) is 0 Å². The molecule has 2 N–H and O–H groups in total. The Morgan fingerprint density at radius 3 is 2.78 bits per heavy atom. The van der Waals surface area contributed by atoms with E-state index in [0.717, 1.165) is 37.5 Å². The maximum atomic E-state index is 12.2. The molecule has 4 aliphatic carbocycles. The molecule has 4 nitrogen and oxygen atoms in total. The lowest BCUT2D eigenvalue weighted by atomic mass is 9.47. The molecule has 0 amide bonds. The van der Waals surface area contributed by atoms with Crippen molar-refractivity contribution in [2.45, 2.75) is 70.9 Å². The third-order valence-corrected chi connectivity index (χ3v) is 9.79. The van der Waals surface area contributed by atoms with E-state index in [0.29, 0.717) is 11.7 Å². The molecule has 0 bridgehead atoms. The zero-order valence-corrected chi connectivity index (χ0v) is 20.2. The summed E-state index contributed by atoms with van der Waals surface area (Å²) in [5.41, 5.74) is 10.6. The van der Waals surface area contributed by atoms with Gasteiger partial charge in [0, 0.05) is 24.6 Å². The molecule has 7 atom stereocenters. The van der Waals surface area contributed by atoms with Gasteiger partial charge in [-0.3, -0.25) is 9.78 Å². The molecule has 2 fully saturated rings. The quantitative estimate of drug-likeness (QED) is 0.374. The number of carbonyl (C=O) groups is 1. The Hall–Kier alpha value is -1.59. The van der Waals surface area contributed by atoms with Gasteiger partial charge in [-0.2, -0.15) is 12.6 Å². The van der Waals surface area contributed by atoms with E-state index in [-0.39, 0.29) is 22.9 Å². The fourth-order valence-electron chi connectivity index (χ4n) is 7.59. The summed E-state index contributed by atoms with van der Waals surface area (Å²) >= 11 is 4.13. The molecule has 0 aliphatic heterocycles. The molecule has 5 heteroatoms. The van der Waals surface area contributed by atoms with Crippen LogP contribution in [0.3, 0.4) is 0 Å². The Bertz CT molecular complexity index is 944. The number of carbonyl (C=O) groups excluding carboxylic acids is 1. The second kappa shape index (κ2) is 8.32. The maximum absolute atomic E-state index is 12.2. The van der Waals surface area contributed by atoms with Gasteiger partial charge in [0.2, 0.25) is 0 Å². The van der Waals surface area contributed by atoms with E-state index in [1.807, 2.05) is 12.4 Å². The molecule has 0 spiro atoms. The lowest BCUT2D eigenvalue weighted by Crippen LogP contribution is -2.50. The lowest BCUT2D eigenvalue weighted by molar-refractivity contribution is -0.152. The molecule has 172 valence electrons. The minimum atomic E-state index is -0.628. The fourth-order valence-corrected chi connectivity index (χ4v) is 7.74. The van der Waals surface area contributed by atoms with Gasteiger partial charge in [-0.15, -0.1) is 0 Å². The topological polar surface area (TPSA) is 65.2 Å². The van der Waals surface area contributed by atoms with Crippen LogP contribution in [-0.4, -0.2) is 28.9 Å². The first kappa shape index (κ1) is 22.2. The zero-order chi connectivity index (χ0) is 22.5. The van der Waals surface area contributed by atoms with Crippen LogP contribution in [0.1, 0.15) is 64.4 Å². The van der Waals surface area contributed by atoms with Gasteiger partial charge in [0.15, 0.2) is 0 Å². The number of fused-ring (bicyclic) bond motifs is 5. The molecular formula is C27H36N2O2S. The predicted octanol–water partition coefficient (Wildman–Crippen LogP) is 5.21. The first-order valence-electron chi connectivity index (χ1n) is 12.2. The maximum Gasteiger partial charge on any atom is 0.324 e. The van der Waals surface area contributed by atoms with Crippen LogP contribution in [0.15, 0.2) is 42.3 Å². The Kier molecular flexibility index (Phi) is 5.78. The smallest absolute Gasteiger partial charge is 0.324 e. The molecule has 5 rings (SSSR count). The third kappa shape index (κ3) is 3.47. The Morgan fingerprint density at radius 1 is 1.22 bits per heavy atom. The minimum absolute atomic E-state index is 0.0384. The van der Waals surface area contributed by atoms with Crippen LogP contribution in [-0.2, 0) is 9.53 Å². The van der Waals surface area contributed by atoms with Crippen LogP contribution in [0.2, 0.25) is 0 Å². The van der Waals surface area contributed by atoms with Crippen molar-refractivity contribution in [3.63, 3.8) is 0 Å². The van der Waals surface area contributed by atoms with E-state index < -0.39 is 6.04 Å². The van der Waals surface area contributed by atoms with Crippen LogP contribution < -0.4 is 5.73 Å². The first-order valence-corrected chi connectivity index (χ1v) is 12.9. The number of aromatic nitrogens is 1. The monoisotopic (exact) mass is 452 g/mol. The highest BCUT2D eigenvalue weighted by atomic mass is 32.1. The SMILES string of the molecule is CC12CCC(OC(=O)C(N)CS)CC1=CCC1C2CCC2(C)C(c3cccnc3)=CCC12. The van der Waals surface area contributed by atoms with Gasteiger partial charge in [-0.05, 0) is 84.3 Å².